The van der Waals surface area contributed by atoms with Gasteiger partial charge < -0.3 is 9.88 Å². The third-order valence-electron chi connectivity index (χ3n) is 4.13. The van der Waals surface area contributed by atoms with Gasteiger partial charge in [-0.05, 0) is 36.0 Å². The lowest BCUT2D eigenvalue weighted by molar-refractivity contribution is 0.0724. The summed E-state index contributed by atoms with van der Waals surface area (Å²) >= 11 is 5.91. The summed E-state index contributed by atoms with van der Waals surface area (Å²) in [7, 11) is 0. The van der Waals surface area contributed by atoms with E-state index in [1.165, 1.54) is 11.1 Å². The molecule has 3 nitrogen and oxygen atoms in total. The summed E-state index contributed by atoms with van der Waals surface area (Å²) in [5, 5.41) is 0.570. The molecule has 0 spiro atoms. The Balaban J connectivity index is 1.76. The van der Waals surface area contributed by atoms with E-state index in [1.54, 1.807) is 12.3 Å². The fraction of sp³-hybridized carbons (Fsp3) is 0.389. The molecular weight excluding hydrogens is 296 g/mol. The van der Waals surface area contributed by atoms with E-state index in [0.29, 0.717) is 29.2 Å². The predicted octanol–water partition coefficient (Wildman–Crippen LogP) is 4.60. The van der Waals surface area contributed by atoms with Crippen molar-refractivity contribution in [3.63, 3.8) is 0 Å². The molecule has 1 aromatic carbocycles. The highest BCUT2D eigenvalue weighted by atomic mass is 35.5. The predicted molar refractivity (Wildman–Crippen MR) is 89.2 cm³/mol. The molecule has 0 saturated heterocycles. The molecule has 116 valence electrons. The summed E-state index contributed by atoms with van der Waals surface area (Å²) in [6, 6.07) is 10.6. The maximum atomic E-state index is 12.7. The highest BCUT2D eigenvalue weighted by molar-refractivity contribution is 6.30. The van der Waals surface area contributed by atoms with Gasteiger partial charge in [0.25, 0.3) is 5.91 Å². The quantitative estimate of drug-likeness (QED) is 0.860. The maximum absolute atomic E-state index is 12.7. The Kier molecular flexibility index (Phi) is 4.25. The Morgan fingerprint density at radius 1 is 1.32 bits per heavy atom. The fourth-order valence-electron chi connectivity index (χ4n) is 2.60. The summed E-state index contributed by atoms with van der Waals surface area (Å²) < 4.78 is 0. The van der Waals surface area contributed by atoms with Crippen molar-refractivity contribution < 1.29 is 4.79 Å². The summed E-state index contributed by atoms with van der Waals surface area (Å²) in [5.41, 5.74) is 3.06. The van der Waals surface area contributed by atoms with Crippen LogP contribution < -0.4 is 0 Å². The third-order valence-corrected chi connectivity index (χ3v) is 4.34. The van der Waals surface area contributed by atoms with Gasteiger partial charge in [0.05, 0.1) is 5.02 Å². The topological polar surface area (TPSA) is 36.1 Å². The van der Waals surface area contributed by atoms with E-state index in [1.807, 2.05) is 4.90 Å². The number of benzene rings is 1. The number of amides is 1. The number of aromatic nitrogens is 1. The molecule has 0 atom stereocenters. The number of halogens is 1. The molecule has 0 unspecified atom stereocenters. The Bertz CT molecular complexity index is 656. The first-order chi connectivity index (χ1) is 10.5. The van der Waals surface area contributed by atoms with Crippen molar-refractivity contribution in [1.29, 1.82) is 0 Å². The highest BCUT2D eigenvalue weighted by Gasteiger charge is 2.33. The minimum atomic E-state index is 0.0299. The molecule has 0 bridgehead atoms. The monoisotopic (exact) mass is 316 g/mol. The molecule has 1 heterocycles. The van der Waals surface area contributed by atoms with E-state index >= 15 is 0 Å². The van der Waals surface area contributed by atoms with Crippen LogP contribution in [0.2, 0.25) is 5.02 Å². The van der Waals surface area contributed by atoms with Crippen LogP contribution in [0.5, 0.6) is 0 Å². The molecule has 1 fully saturated rings. The minimum Gasteiger partial charge on any atom is -0.356 e. The van der Waals surface area contributed by atoms with Gasteiger partial charge in [0.2, 0.25) is 0 Å². The number of H-pyrrole nitrogens is 1. The van der Waals surface area contributed by atoms with Crippen LogP contribution >= 0.6 is 11.6 Å². The maximum Gasteiger partial charge on any atom is 0.270 e. The minimum absolute atomic E-state index is 0.0299. The van der Waals surface area contributed by atoms with E-state index in [4.69, 9.17) is 11.6 Å². The van der Waals surface area contributed by atoms with Gasteiger partial charge in [-0.2, -0.15) is 0 Å². The first-order valence-corrected chi connectivity index (χ1v) is 8.16. The molecule has 1 amide bonds. The average molecular weight is 317 g/mol. The van der Waals surface area contributed by atoms with Crippen molar-refractivity contribution in [3.8, 4) is 0 Å². The first kappa shape index (κ1) is 15.2. The standard InChI is InChI=1S/C18H21ClN2O/c1-12(2)14-5-3-13(4-6-14)11-21(16-7-8-16)18(22)17-9-15(19)10-20-17/h3-6,9-10,12,16,20H,7-8,11H2,1-2H3. The fourth-order valence-corrected chi connectivity index (χ4v) is 2.77. The second-order valence-corrected chi connectivity index (χ2v) is 6.73. The number of nitrogens with zero attached hydrogens (tertiary/aromatic N) is 1. The molecule has 4 heteroatoms. The largest absolute Gasteiger partial charge is 0.356 e. The van der Waals surface area contributed by atoms with E-state index in [-0.39, 0.29) is 5.91 Å². The van der Waals surface area contributed by atoms with Crippen molar-refractivity contribution in [2.45, 2.75) is 45.2 Å². The van der Waals surface area contributed by atoms with Gasteiger partial charge >= 0.3 is 0 Å². The molecule has 22 heavy (non-hydrogen) atoms. The number of nitrogens with one attached hydrogen (secondary N) is 1. The highest BCUT2D eigenvalue weighted by Crippen LogP contribution is 2.30. The zero-order chi connectivity index (χ0) is 15.7. The van der Waals surface area contributed by atoms with Crippen LogP contribution in [0.15, 0.2) is 36.5 Å². The third kappa shape index (κ3) is 3.36. The van der Waals surface area contributed by atoms with Gasteiger partial charge in [0.15, 0.2) is 0 Å². The lowest BCUT2D eigenvalue weighted by Gasteiger charge is -2.22. The van der Waals surface area contributed by atoms with Crippen LogP contribution in [0.25, 0.3) is 0 Å². The molecule has 1 aliphatic carbocycles. The molecule has 1 aliphatic rings. The average Bonchev–Trinajstić information content (AvgIpc) is 3.25. The second-order valence-electron chi connectivity index (χ2n) is 6.29. The van der Waals surface area contributed by atoms with Crippen LogP contribution in [0.3, 0.4) is 0 Å². The van der Waals surface area contributed by atoms with E-state index in [2.05, 4.69) is 43.1 Å². The molecule has 3 rings (SSSR count). The smallest absolute Gasteiger partial charge is 0.270 e. The molecule has 1 saturated carbocycles. The zero-order valence-corrected chi connectivity index (χ0v) is 13.7. The van der Waals surface area contributed by atoms with Gasteiger partial charge in [-0.25, -0.2) is 0 Å². The Morgan fingerprint density at radius 2 is 2.00 bits per heavy atom. The van der Waals surface area contributed by atoms with Crippen LogP contribution in [0.1, 0.15) is 54.2 Å². The van der Waals surface area contributed by atoms with E-state index < -0.39 is 0 Å². The lowest BCUT2D eigenvalue weighted by Crippen LogP contribution is -2.32. The molecular formula is C18H21ClN2O. The van der Waals surface area contributed by atoms with Crippen LogP contribution in [-0.4, -0.2) is 21.8 Å². The number of hydrogen-bond donors (Lipinski definition) is 1. The van der Waals surface area contributed by atoms with E-state index in [9.17, 15) is 4.79 Å². The van der Waals surface area contributed by atoms with Crippen molar-refractivity contribution in [2.24, 2.45) is 0 Å². The summed E-state index contributed by atoms with van der Waals surface area (Å²) in [4.78, 5) is 17.6. The molecule has 2 aromatic rings. The second kappa shape index (κ2) is 6.17. The number of aromatic amines is 1. The number of rotatable bonds is 5. The summed E-state index contributed by atoms with van der Waals surface area (Å²) in [6.07, 6.45) is 3.83. The van der Waals surface area contributed by atoms with Gasteiger partial charge in [0, 0.05) is 18.8 Å². The van der Waals surface area contributed by atoms with Gasteiger partial charge in [-0.15, -0.1) is 0 Å². The molecule has 0 radical (unpaired) electrons. The van der Waals surface area contributed by atoms with Crippen LogP contribution in [0, 0.1) is 0 Å². The van der Waals surface area contributed by atoms with Gasteiger partial charge in [0.1, 0.15) is 5.69 Å². The summed E-state index contributed by atoms with van der Waals surface area (Å²) in [6.45, 7) is 5.02. The van der Waals surface area contributed by atoms with Crippen LogP contribution in [0.4, 0.5) is 0 Å². The molecule has 1 N–H and O–H groups in total. The Labute approximate surface area is 136 Å². The normalized spacial score (nSPS) is 14.4. The van der Waals surface area contributed by atoms with Crippen molar-refractivity contribution in [1.82, 2.24) is 9.88 Å². The lowest BCUT2D eigenvalue weighted by atomic mass is 10.0. The van der Waals surface area contributed by atoms with Crippen molar-refractivity contribution in [3.05, 3.63) is 58.4 Å². The first-order valence-electron chi connectivity index (χ1n) is 7.78. The van der Waals surface area contributed by atoms with Crippen molar-refractivity contribution in [2.75, 3.05) is 0 Å². The SMILES string of the molecule is CC(C)c1ccc(CN(C(=O)c2cc(Cl)c[nH]2)C2CC2)cc1. The number of hydrogen-bond acceptors (Lipinski definition) is 1. The Morgan fingerprint density at radius 3 is 2.50 bits per heavy atom. The molecule has 1 aromatic heterocycles. The number of carbonyl (C=O) groups excluding carboxylic acids is 1. The molecule has 0 aliphatic heterocycles. The Hall–Kier alpha value is -1.74. The van der Waals surface area contributed by atoms with E-state index in [0.717, 1.165) is 12.8 Å². The van der Waals surface area contributed by atoms with Crippen molar-refractivity contribution >= 4 is 17.5 Å². The zero-order valence-electron chi connectivity index (χ0n) is 13.0. The number of carbonyl (C=O) groups is 1. The van der Waals surface area contributed by atoms with Gasteiger partial charge in [-0.3, -0.25) is 4.79 Å². The van der Waals surface area contributed by atoms with Crippen LogP contribution in [-0.2, 0) is 6.54 Å². The summed E-state index contributed by atoms with van der Waals surface area (Å²) in [5.74, 6) is 0.554. The van der Waals surface area contributed by atoms with Gasteiger partial charge in [-0.1, -0.05) is 49.7 Å².